The van der Waals surface area contributed by atoms with Crippen molar-refractivity contribution >= 4 is 67.1 Å². The molecule has 6 heteroatoms. The zero-order chi connectivity index (χ0) is 13.3. The van der Waals surface area contributed by atoms with Gasteiger partial charge in [0.25, 0.3) is 5.91 Å². The van der Waals surface area contributed by atoms with Crippen molar-refractivity contribution in [2.75, 3.05) is 11.1 Å². The predicted octanol–water partition coefficient (Wildman–Crippen LogP) is 4.26. The fourth-order valence-electron chi connectivity index (χ4n) is 1.39. The largest absolute Gasteiger partial charge is 0.398 e. The van der Waals surface area contributed by atoms with E-state index < -0.39 is 0 Å². The summed E-state index contributed by atoms with van der Waals surface area (Å²) in [5.74, 6) is -0.129. The average molecular weight is 437 g/mol. The third-order valence-electron chi connectivity index (χ3n) is 2.36. The van der Waals surface area contributed by atoms with Crippen molar-refractivity contribution in [2.24, 2.45) is 0 Å². The van der Waals surface area contributed by atoms with Gasteiger partial charge < -0.3 is 11.1 Å². The van der Waals surface area contributed by atoms with E-state index in [1.54, 1.807) is 6.07 Å². The second-order valence-corrected chi connectivity index (χ2v) is 7.03. The van der Waals surface area contributed by atoms with Crippen LogP contribution in [0, 0.1) is 10.5 Å². The minimum absolute atomic E-state index is 0.129. The number of benzene rings is 1. The van der Waals surface area contributed by atoms with Crippen LogP contribution in [0.1, 0.15) is 14.5 Å². The Morgan fingerprint density at radius 2 is 2.17 bits per heavy atom. The molecule has 0 aliphatic heterocycles. The van der Waals surface area contributed by atoms with E-state index in [1.807, 2.05) is 25.1 Å². The molecule has 0 aliphatic rings. The number of rotatable bonds is 2. The van der Waals surface area contributed by atoms with Crippen molar-refractivity contribution in [2.45, 2.75) is 6.92 Å². The molecule has 94 valence electrons. The lowest BCUT2D eigenvalue weighted by Crippen LogP contribution is -2.11. The Bertz CT molecular complexity index is 593. The summed E-state index contributed by atoms with van der Waals surface area (Å²) in [5, 5.41) is 2.89. The number of carbonyl (C=O) groups excluding carboxylic acids is 1. The third-order valence-corrected chi connectivity index (χ3v) is 4.86. The number of thiophene rings is 1. The highest BCUT2D eigenvalue weighted by Gasteiger charge is 2.12. The summed E-state index contributed by atoms with van der Waals surface area (Å²) in [6, 6.07) is 7.46. The molecule has 1 aromatic carbocycles. The van der Waals surface area contributed by atoms with Crippen LogP contribution < -0.4 is 11.1 Å². The first-order valence-corrected chi connectivity index (χ1v) is 7.78. The Hall–Kier alpha value is -0.600. The summed E-state index contributed by atoms with van der Waals surface area (Å²) in [4.78, 5) is 13.7. The van der Waals surface area contributed by atoms with E-state index in [9.17, 15) is 4.79 Å². The predicted molar refractivity (Wildman–Crippen MR) is 88.3 cm³/mol. The van der Waals surface area contributed by atoms with Gasteiger partial charge in [-0.1, -0.05) is 15.9 Å². The number of hydrogen-bond acceptors (Lipinski definition) is 3. The number of halogens is 2. The summed E-state index contributed by atoms with van der Waals surface area (Å²) in [7, 11) is 0. The van der Waals surface area contributed by atoms with E-state index in [1.165, 1.54) is 11.3 Å². The van der Waals surface area contributed by atoms with Crippen LogP contribution in [0.5, 0.6) is 0 Å². The molecule has 3 nitrogen and oxygen atoms in total. The van der Waals surface area contributed by atoms with Crippen LogP contribution in [-0.2, 0) is 0 Å². The lowest BCUT2D eigenvalue weighted by atomic mass is 10.3. The van der Waals surface area contributed by atoms with E-state index >= 15 is 0 Å². The van der Waals surface area contributed by atoms with Crippen molar-refractivity contribution in [3.05, 3.63) is 42.1 Å². The van der Waals surface area contributed by atoms with E-state index in [-0.39, 0.29) is 5.91 Å². The van der Waals surface area contributed by atoms with E-state index in [0.29, 0.717) is 10.6 Å². The van der Waals surface area contributed by atoms with Gasteiger partial charge in [-0.2, -0.15) is 0 Å². The van der Waals surface area contributed by atoms with Gasteiger partial charge in [-0.3, -0.25) is 4.79 Å². The molecule has 2 rings (SSSR count). The fourth-order valence-corrected chi connectivity index (χ4v) is 3.05. The van der Waals surface area contributed by atoms with Crippen LogP contribution in [0.3, 0.4) is 0 Å². The van der Waals surface area contributed by atoms with Gasteiger partial charge in [0.15, 0.2) is 0 Å². The number of hydrogen-bond donors (Lipinski definition) is 2. The van der Waals surface area contributed by atoms with Gasteiger partial charge in [-0.05, 0) is 53.8 Å². The molecular weight excluding hydrogens is 427 g/mol. The van der Waals surface area contributed by atoms with Crippen molar-refractivity contribution in [1.82, 2.24) is 0 Å². The zero-order valence-electron chi connectivity index (χ0n) is 9.46. The number of nitrogen functional groups attached to an aromatic ring is 1. The first-order valence-electron chi connectivity index (χ1n) is 5.09. The Morgan fingerprint density at radius 3 is 2.78 bits per heavy atom. The maximum atomic E-state index is 12.1. The first kappa shape index (κ1) is 13.8. The average Bonchev–Trinajstić information content (AvgIpc) is 2.64. The Morgan fingerprint density at radius 1 is 1.44 bits per heavy atom. The first-order chi connectivity index (χ1) is 8.47. The van der Waals surface area contributed by atoms with Crippen LogP contribution >= 0.6 is 49.9 Å². The summed E-state index contributed by atoms with van der Waals surface area (Å²) >= 11 is 6.97. The molecule has 0 saturated carbocycles. The molecular formula is C12H10BrIN2OS. The molecule has 0 saturated heterocycles. The van der Waals surface area contributed by atoms with Crippen LogP contribution in [0.15, 0.2) is 28.7 Å². The molecule has 0 bridgehead atoms. The number of nitrogens with two attached hydrogens (primary N) is 1. The second-order valence-electron chi connectivity index (χ2n) is 3.70. The number of aryl methyl sites for hydroxylation is 1. The van der Waals surface area contributed by atoms with E-state index in [2.05, 4.69) is 43.8 Å². The molecule has 1 amide bonds. The highest BCUT2D eigenvalue weighted by Crippen LogP contribution is 2.27. The molecule has 0 aliphatic carbocycles. The minimum atomic E-state index is -0.129. The Kier molecular flexibility index (Phi) is 4.29. The highest BCUT2D eigenvalue weighted by atomic mass is 127. The van der Waals surface area contributed by atoms with E-state index in [0.717, 1.165) is 18.6 Å². The van der Waals surface area contributed by atoms with Crippen molar-refractivity contribution in [1.29, 1.82) is 0 Å². The molecule has 0 atom stereocenters. The van der Waals surface area contributed by atoms with Gasteiger partial charge in [-0.15, -0.1) is 11.3 Å². The molecule has 1 aromatic heterocycles. The molecule has 0 fully saturated rings. The van der Waals surface area contributed by atoms with E-state index in [4.69, 9.17) is 5.73 Å². The summed E-state index contributed by atoms with van der Waals surface area (Å²) in [5.41, 5.74) is 7.20. The lowest BCUT2D eigenvalue weighted by Gasteiger charge is -2.06. The van der Waals surface area contributed by atoms with Crippen molar-refractivity contribution in [3.63, 3.8) is 0 Å². The smallest absolute Gasteiger partial charge is 0.265 e. The molecule has 1 heterocycles. The minimum Gasteiger partial charge on any atom is -0.398 e. The number of nitrogens with one attached hydrogen (secondary N) is 1. The molecule has 0 unspecified atom stereocenters. The summed E-state index contributed by atoms with van der Waals surface area (Å²) in [6.45, 7) is 1.90. The molecule has 3 N–H and O–H groups in total. The van der Waals surface area contributed by atoms with Gasteiger partial charge in [0.1, 0.15) is 0 Å². The normalized spacial score (nSPS) is 10.4. The standard InChI is InChI=1S/C12H10BrIN2OS/c1-6-9(15)5-11(18-6)12(17)16-10-4-7(13)2-3-8(10)14/h2-5H,15H2,1H3,(H,16,17). The van der Waals surface area contributed by atoms with Crippen LogP contribution in [0.2, 0.25) is 0 Å². The monoisotopic (exact) mass is 436 g/mol. The van der Waals surface area contributed by atoms with Crippen LogP contribution in [0.4, 0.5) is 11.4 Å². The summed E-state index contributed by atoms with van der Waals surface area (Å²) < 4.78 is 1.92. The number of carbonyl (C=O) groups is 1. The lowest BCUT2D eigenvalue weighted by molar-refractivity contribution is 0.103. The van der Waals surface area contributed by atoms with Gasteiger partial charge in [0.2, 0.25) is 0 Å². The molecule has 0 spiro atoms. The second kappa shape index (κ2) is 5.58. The molecule has 2 aromatic rings. The maximum absolute atomic E-state index is 12.1. The highest BCUT2D eigenvalue weighted by molar-refractivity contribution is 14.1. The van der Waals surface area contributed by atoms with Gasteiger partial charge in [0.05, 0.1) is 10.6 Å². The van der Waals surface area contributed by atoms with Crippen LogP contribution in [0.25, 0.3) is 0 Å². The van der Waals surface area contributed by atoms with Gasteiger partial charge in [-0.25, -0.2) is 0 Å². The maximum Gasteiger partial charge on any atom is 0.265 e. The molecule has 0 radical (unpaired) electrons. The number of anilines is 2. The molecule has 18 heavy (non-hydrogen) atoms. The van der Waals surface area contributed by atoms with Gasteiger partial charge in [0, 0.05) is 18.6 Å². The van der Waals surface area contributed by atoms with Gasteiger partial charge >= 0.3 is 0 Å². The zero-order valence-corrected chi connectivity index (χ0v) is 14.0. The summed E-state index contributed by atoms with van der Waals surface area (Å²) in [6.07, 6.45) is 0. The SMILES string of the molecule is Cc1sc(C(=O)Nc2cc(Br)ccc2I)cc1N. The van der Waals surface area contributed by atoms with Crippen LogP contribution in [-0.4, -0.2) is 5.91 Å². The topological polar surface area (TPSA) is 55.1 Å². The Balaban J connectivity index is 2.23. The number of amides is 1. The quantitative estimate of drug-likeness (QED) is 0.691. The Labute approximate surface area is 131 Å². The van der Waals surface area contributed by atoms with Crippen molar-refractivity contribution in [3.8, 4) is 0 Å². The third kappa shape index (κ3) is 3.04. The fraction of sp³-hybridized carbons (Fsp3) is 0.0833. The van der Waals surface area contributed by atoms with Crippen molar-refractivity contribution < 1.29 is 4.79 Å².